The maximum atomic E-state index is 11.9. The van der Waals surface area contributed by atoms with Crippen LogP contribution in [0.1, 0.15) is 39.2 Å². The Labute approximate surface area is 110 Å². The van der Waals surface area contributed by atoms with Crippen LogP contribution in [0.15, 0.2) is 24.3 Å². The molecule has 0 radical (unpaired) electrons. The second kappa shape index (κ2) is 7.04. The highest BCUT2D eigenvalue weighted by Crippen LogP contribution is 2.14. The van der Waals surface area contributed by atoms with E-state index in [2.05, 4.69) is 12.2 Å². The lowest BCUT2D eigenvalue weighted by Crippen LogP contribution is -2.41. The summed E-state index contributed by atoms with van der Waals surface area (Å²) >= 11 is 0. The molecule has 0 saturated heterocycles. The molecule has 0 aliphatic carbocycles. The second-order valence-electron chi connectivity index (χ2n) is 4.77. The molecule has 0 unspecified atom stereocenters. The Hall–Kier alpha value is -1.51. The molecule has 18 heavy (non-hydrogen) atoms. The molecule has 1 N–H and O–H groups in total. The number of aryl methyl sites for hydroxylation is 1. The molecule has 2 atom stereocenters. The van der Waals surface area contributed by atoms with Crippen LogP contribution in [-0.2, 0) is 4.79 Å². The summed E-state index contributed by atoms with van der Waals surface area (Å²) in [4.78, 5) is 11.9. The molecule has 0 aliphatic heterocycles. The number of hydrogen-bond donors (Lipinski definition) is 1. The fourth-order valence-electron chi connectivity index (χ4n) is 1.81. The Bertz CT molecular complexity index is 390. The number of carbonyl (C=O) groups excluding carboxylic acids is 1. The van der Waals surface area contributed by atoms with E-state index in [-0.39, 0.29) is 11.9 Å². The van der Waals surface area contributed by atoms with E-state index in [1.807, 2.05) is 38.1 Å². The fourth-order valence-corrected chi connectivity index (χ4v) is 1.81. The van der Waals surface area contributed by atoms with E-state index in [1.165, 1.54) is 0 Å². The Morgan fingerprint density at radius 2 is 2.11 bits per heavy atom. The van der Waals surface area contributed by atoms with Crippen LogP contribution in [-0.4, -0.2) is 18.1 Å². The number of nitrogens with one attached hydrogen (secondary N) is 1. The van der Waals surface area contributed by atoms with Gasteiger partial charge in [-0.1, -0.05) is 25.5 Å². The van der Waals surface area contributed by atoms with Crippen molar-refractivity contribution in [2.75, 3.05) is 0 Å². The summed E-state index contributed by atoms with van der Waals surface area (Å²) in [5.74, 6) is 0.679. The SMILES string of the molecule is CCC[C@@H](C)NC(=O)[C@@H](C)Oc1cccc(C)c1. The summed E-state index contributed by atoms with van der Waals surface area (Å²) in [6.07, 6.45) is 1.59. The first-order valence-electron chi connectivity index (χ1n) is 6.56. The van der Waals surface area contributed by atoms with Gasteiger partial charge in [-0.3, -0.25) is 4.79 Å². The molecule has 0 bridgehead atoms. The van der Waals surface area contributed by atoms with E-state index in [0.29, 0.717) is 0 Å². The van der Waals surface area contributed by atoms with Gasteiger partial charge in [0.2, 0.25) is 0 Å². The first-order valence-corrected chi connectivity index (χ1v) is 6.56. The van der Waals surface area contributed by atoms with E-state index in [9.17, 15) is 4.79 Å². The lowest BCUT2D eigenvalue weighted by molar-refractivity contribution is -0.127. The maximum Gasteiger partial charge on any atom is 0.260 e. The van der Waals surface area contributed by atoms with Gasteiger partial charge in [-0.05, 0) is 44.9 Å². The number of rotatable bonds is 6. The lowest BCUT2D eigenvalue weighted by Gasteiger charge is -2.18. The van der Waals surface area contributed by atoms with Gasteiger partial charge in [0.05, 0.1) is 0 Å². The lowest BCUT2D eigenvalue weighted by atomic mass is 10.2. The number of carbonyl (C=O) groups is 1. The second-order valence-corrected chi connectivity index (χ2v) is 4.77. The third kappa shape index (κ3) is 4.78. The van der Waals surface area contributed by atoms with E-state index >= 15 is 0 Å². The van der Waals surface area contributed by atoms with E-state index in [4.69, 9.17) is 4.74 Å². The smallest absolute Gasteiger partial charge is 0.260 e. The summed E-state index contributed by atoms with van der Waals surface area (Å²) < 4.78 is 5.62. The van der Waals surface area contributed by atoms with Crippen molar-refractivity contribution in [3.8, 4) is 5.75 Å². The monoisotopic (exact) mass is 249 g/mol. The molecular weight excluding hydrogens is 226 g/mol. The van der Waals surface area contributed by atoms with Gasteiger partial charge >= 0.3 is 0 Å². The summed E-state index contributed by atoms with van der Waals surface area (Å²) in [5.41, 5.74) is 1.12. The highest BCUT2D eigenvalue weighted by Gasteiger charge is 2.16. The van der Waals surface area contributed by atoms with Crippen LogP contribution < -0.4 is 10.1 Å². The van der Waals surface area contributed by atoms with Gasteiger partial charge in [0.1, 0.15) is 5.75 Å². The van der Waals surface area contributed by atoms with Gasteiger partial charge in [-0.25, -0.2) is 0 Å². The molecule has 3 heteroatoms. The van der Waals surface area contributed by atoms with Crippen molar-refractivity contribution in [3.63, 3.8) is 0 Å². The van der Waals surface area contributed by atoms with Crippen molar-refractivity contribution in [3.05, 3.63) is 29.8 Å². The van der Waals surface area contributed by atoms with Crippen molar-refractivity contribution < 1.29 is 9.53 Å². The predicted octanol–water partition coefficient (Wildman–Crippen LogP) is 3.07. The van der Waals surface area contributed by atoms with Crippen LogP contribution in [0.3, 0.4) is 0 Å². The molecule has 1 amide bonds. The third-order valence-corrected chi connectivity index (χ3v) is 2.78. The van der Waals surface area contributed by atoms with Crippen molar-refractivity contribution in [1.82, 2.24) is 5.32 Å². The number of benzene rings is 1. The predicted molar refractivity (Wildman–Crippen MR) is 73.8 cm³/mol. The van der Waals surface area contributed by atoms with Crippen molar-refractivity contribution in [1.29, 1.82) is 0 Å². The van der Waals surface area contributed by atoms with Gasteiger partial charge in [-0.2, -0.15) is 0 Å². The average Bonchev–Trinajstić information content (AvgIpc) is 2.29. The zero-order valence-corrected chi connectivity index (χ0v) is 11.7. The molecule has 100 valence electrons. The summed E-state index contributed by atoms with van der Waals surface area (Å²) in [7, 11) is 0. The minimum Gasteiger partial charge on any atom is -0.481 e. The Morgan fingerprint density at radius 1 is 1.39 bits per heavy atom. The van der Waals surface area contributed by atoms with Gasteiger partial charge < -0.3 is 10.1 Å². The van der Waals surface area contributed by atoms with E-state index < -0.39 is 6.10 Å². The first kappa shape index (κ1) is 14.6. The molecule has 0 aliphatic rings. The number of amides is 1. The van der Waals surface area contributed by atoms with Crippen molar-refractivity contribution >= 4 is 5.91 Å². The Morgan fingerprint density at radius 3 is 2.72 bits per heavy atom. The van der Waals surface area contributed by atoms with Crippen LogP contribution in [0.5, 0.6) is 5.75 Å². The molecule has 0 spiro atoms. The molecule has 0 fully saturated rings. The highest BCUT2D eigenvalue weighted by molar-refractivity contribution is 5.80. The van der Waals surface area contributed by atoms with Crippen LogP contribution in [0.2, 0.25) is 0 Å². The molecule has 0 aromatic heterocycles. The van der Waals surface area contributed by atoms with Crippen LogP contribution in [0.25, 0.3) is 0 Å². The Balaban J connectivity index is 2.49. The molecule has 1 aromatic carbocycles. The minimum absolute atomic E-state index is 0.0579. The quantitative estimate of drug-likeness (QED) is 0.841. The molecule has 3 nitrogen and oxygen atoms in total. The molecule has 1 rings (SSSR count). The standard InChI is InChI=1S/C15H23NO2/c1-5-7-12(3)16-15(17)13(4)18-14-9-6-8-11(2)10-14/h6,8-10,12-13H,5,7H2,1-4H3,(H,16,17)/t12-,13-/m1/s1. The summed E-state index contributed by atoms with van der Waals surface area (Å²) in [6, 6.07) is 7.92. The van der Waals surface area contributed by atoms with E-state index in [0.717, 1.165) is 24.2 Å². The molecule has 1 aromatic rings. The van der Waals surface area contributed by atoms with Crippen LogP contribution >= 0.6 is 0 Å². The topological polar surface area (TPSA) is 38.3 Å². The van der Waals surface area contributed by atoms with Crippen molar-refractivity contribution in [2.24, 2.45) is 0 Å². The normalized spacial score (nSPS) is 13.8. The van der Waals surface area contributed by atoms with Gasteiger partial charge in [-0.15, -0.1) is 0 Å². The summed E-state index contributed by atoms with van der Waals surface area (Å²) in [6.45, 7) is 7.90. The van der Waals surface area contributed by atoms with Crippen molar-refractivity contribution in [2.45, 2.75) is 52.7 Å². The molecule has 0 heterocycles. The largest absolute Gasteiger partial charge is 0.481 e. The Kier molecular flexibility index (Phi) is 5.69. The molecule has 0 saturated carbocycles. The van der Waals surface area contributed by atoms with E-state index in [1.54, 1.807) is 6.92 Å². The zero-order chi connectivity index (χ0) is 13.5. The van der Waals surface area contributed by atoms with Gasteiger partial charge in [0.25, 0.3) is 5.91 Å². The minimum atomic E-state index is -0.467. The number of hydrogen-bond acceptors (Lipinski definition) is 2. The average molecular weight is 249 g/mol. The van der Waals surface area contributed by atoms with Crippen LogP contribution in [0.4, 0.5) is 0 Å². The third-order valence-electron chi connectivity index (χ3n) is 2.78. The first-order chi connectivity index (χ1) is 8.52. The number of ether oxygens (including phenoxy) is 1. The summed E-state index contributed by atoms with van der Waals surface area (Å²) in [5, 5.41) is 2.95. The zero-order valence-electron chi connectivity index (χ0n) is 11.7. The fraction of sp³-hybridized carbons (Fsp3) is 0.533. The van der Waals surface area contributed by atoms with Gasteiger partial charge in [0, 0.05) is 6.04 Å². The van der Waals surface area contributed by atoms with Gasteiger partial charge in [0.15, 0.2) is 6.10 Å². The van der Waals surface area contributed by atoms with Crippen LogP contribution in [0, 0.1) is 6.92 Å². The highest BCUT2D eigenvalue weighted by atomic mass is 16.5. The maximum absolute atomic E-state index is 11.9. The molecular formula is C15H23NO2.